The fraction of sp³-hybridized carbons (Fsp3) is 0.381. The monoisotopic (exact) mass is 392 g/mol. The molecule has 1 aliphatic heterocycles. The minimum absolute atomic E-state index is 0. The number of carbonyl (C=O) groups excluding carboxylic acids is 1. The molecule has 1 amide bonds. The number of benzene rings is 2. The van der Waals surface area contributed by atoms with Crippen molar-refractivity contribution >= 4 is 29.9 Å². The Hall–Kier alpha value is -1.55. The number of carbonyl (C=O) groups is 1. The molecule has 0 aromatic heterocycles. The lowest BCUT2D eigenvalue weighted by Crippen LogP contribution is -2.43. The van der Waals surface area contributed by atoms with E-state index in [9.17, 15) is 4.79 Å². The maximum atomic E-state index is 12.8. The summed E-state index contributed by atoms with van der Waals surface area (Å²) in [6.07, 6.45) is 2.56. The largest absolute Gasteiger partial charge is 0.349 e. The van der Waals surface area contributed by atoms with Crippen molar-refractivity contribution in [3.63, 3.8) is 0 Å². The van der Waals surface area contributed by atoms with Crippen molar-refractivity contribution in [1.82, 2.24) is 10.6 Å². The topological polar surface area (TPSA) is 41.1 Å². The highest BCUT2D eigenvalue weighted by atomic mass is 35.5. The summed E-state index contributed by atoms with van der Waals surface area (Å²) in [6, 6.07) is 18.4. The highest BCUT2D eigenvalue weighted by Gasteiger charge is 2.26. The van der Waals surface area contributed by atoms with Crippen molar-refractivity contribution in [2.45, 2.75) is 38.3 Å². The molecule has 3 atom stereocenters. The third kappa shape index (κ3) is 5.73. The predicted molar refractivity (Wildman–Crippen MR) is 110 cm³/mol. The fourth-order valence-corrected chi connectivity index (χ4v) is 3.58. The van der Waals surface area contributed by atoms with Crippen LogP contribution in [0.2, 0.25) is 5.02 Å². The van der Waals surface area contributed by atoms with Crippen LogP contribution in [0.4, 0.5) is 0 Å². The van der Waals surface area contributed by atoms with Crippen molar-refractivity contribution < 1.29 is 4.79 Å². The van der Waals surface area contributed by atoms with Crippen molar-refractivity contribution in [2.24, 2.45) is 5.92 Å². The Bertz CT molecular complexity index is 691. The highest BCUT2D eigenvalue weighted by Crippen LogP contribution is 2.22. The van der Waals surface area contributed by atoms with E-state index in [1.54, 1.807) is 0 Å². The second kappa shape index (κ2) is 9.96. The zero-order valence-corrected chi connectivity index (χ0v) is 16.5. The van der Waals surface area contributed by atoms with Gasteiger partial charge in [0.2, 0.25) is 5.91 Å². The first-order chi connectivity index (χ1) is 12.1. The second-order valence-electron chi connectivity index (χ2n) is 6.88. The molecule has 2 aromatic carbocycles. The van der Waals surface area contributed by atoms with E-state index in [-0.39, 0.29) is 30.3 Å². The molecule has 5 heteroatoms. The van der Waals surface area contributed by atoms with Gasteiger partial charge < -0.3 is 10.6 Å². The summed E-state index contributed by atoms with van der Waals surface area (Å²) in [6.45, 7) is 3.05. The number of halogens is 2. The molecular weight excluding hydrogens is 367 g/mol. The lowest BCUT2D eigenvalue weighted by Gasteiger charge is -2.29. The molecule has 0 spiro atoms. The number of piperidine rings is 1. The molecule has 26 heavy (non-hydrogen) atoms. The van der Waals surface area contributed by atoms with Gasteiger partial charge in [0.05, 0.1) is 6.04 Å². The van der Waals surface area contributed by atoms with Gasteiger partial charge in [0.1, 0.15) is 0 Å². The quantitative estimate of drug-likeness (QED) is 0.783. The maximum Gasteiger partial charge on any atom is 0.223 e. The van der Waals surface area contributed by atoms with Crippen LogP contribution in [-0.2, 0) is 11.2 Å². The van der Waals surface area contributed by atoms with Crippen molar-refractivity contribution in [2.75, 3.05) is 6.54 Å². The number of hydrogen-bond donors (Lipinski definition) is 2. The summed E-state index contributed by atoms with van der Waals surface area (Å²) >= 11 is 5.99. The van der Waals surface area contributed by atoms with Crippen molar-refractivity contribution in [3.8, 4) is 0 Å². The number of rotatable bonds is 5. The first-order valence-electron chi connectivity index (χ1n) is 8.95. The van der Waals surface area contributed by atoms with Crippen LogP contribution in [0.15, 0.2) is 54.6 Å². The normalized spacial score (nSPS) is 20.7. The Balaban J connectivity index is 0.00000243. The zero-order chi connectivity index (χ0) is 17.6. The average Bonchev–Trinajstić information content (AvgIpc) is 2.63. The molecule has 0 bridgehead atoms. The molecular formula is C21H26Cl2N2O. The molecule has 0 radical (unpaired) electrons. The predicted octanol–water partition coefficient (Wildman–Crippen LogP) is 4.55. The average molecular weight is 393 g/mol. The third-order valence-electron chi connectivity index (χ3n) is 4.87. The van der Waals surface area contributed by atoms with Gasteiger partial charge in [0.25, 0.3) is 0 Å². The Morgan fingerprint density at radius 1 is 1.19 bits per heavy atom. The summed E-state index contributed by atoms with van der Waals surface area (Å²) in [7, 11) is 0. The van der Waals surface area contributed by atoms with Crippen LogP contribution < -0.4 is 10.6 Å². The van der Waals surface area contributed by atoms with Crippen molar-refractivity contribution in [1.29, 1.82) is 0 Å². The van der Waals surface area contributed by atoms with Crippen molar-refractivity contribution in [3.05, 3.63) is 70.7 Å². The van der Waals surface area contributed by atoms with Crippen LogP contribution in [0, 0.1) is 5.92 Å². The SMILES string of the molecule is C[C@H]1C[C@@H](C(=O)NC(Cc2ccc(Cl)cc2)c2ccccc2)CCN1.Cl. The standard InChI is InChI=1S/C21H25ClN2O.ClH/c1-15-13-18(11-12-23-15)21(25)24-20(17-5-3-2-4-6-17)14-16-7-9-19(22)10-8-16;/h2-10,15,18,20,23H,11-14H2,1H3,(H,24,25);1H/t15-,18-,20?;/m0./s1. The molecule has 0 aliphatic carbocycles. The van der Waals surface area contributed by atoms with Gasteiger partial charge in [-0.15, -0.1) is 12.4 Å². The number of hydrogen-bond acceptors (Lipinski definition) is 2. The highest BCUT2D eigenvalue weighted by molar-refractivity contribution is 6.30. The first-order valence-corrected chi connectivity index (χ1v) is 9.33. The van der Waals surface area contributed by atoms with Gasteiger partial charge in [-0.1, -0.05) is 54.1 Å². The molecule has 3 rings (SSSR count). The van der Waals surface area contributed by atoms with Crippen LogP contribution in [0.5, 0.6) is 0 Å². The minimum atomic E-state index is -0.0277. The maximum absolute atomic E-state index is 12.8. The Morgan fingerprint density at radius 2 is 1.88 bits per heavy atom. The van der Waals surface area contributed by atoms with E-state index in [0.717, 1.165) is 42.0 Å². The van der Waals surface area contributed by atoms with Crippen LogP contribution >= 0.6 is 24.0 Å². The zero-order valence-electron chi connectivity index (χ0n) is 15.0. The van der Waals surface area contributed by atoms with Gasteiger partial charge >= 0.3 is 0 Å². The smallest absolute Gasteiger partial charge is 0.223 e. The molecule has 1 aliphatic rings. The van der Waals surface area contributed by atoms with Crippen LogP contribution in [-0.4, -0.2) is 18.5 Å². The van der Waals surface area contributed by atoms with E-state index in [2.05, 4.69) is 29.7 Å². The minimum Gasteiger partial charge on any atom is -0.349 e. The van der Waals surface area contributed by atoms with Gasteiger partial charge in [-0.05, 0) is 56.0 Å². The molecule has 3 nitrogen and oxygen atoms in total. The molecule has 1 fully saturated rings. The molecule has 1 unspecified atom stereocenters. The van der Waals surface area contributed by atoms with Crippen LogP contribution in [0.25, 0.3) is 0 Å². The summed E-state index contributed by atoms with van der Waals surface area (Å²) in [5.41, 5.74) is 2.30. The summed E-state index contributed by atoms with van der Waals surface area (Å²) in [4.78, 5) is 12.8. The van der Waals surface area contributed by atoms with Gasteiger partial charge in [-0.25, -0.2) is 0 Å². The van der Waals surface area contributed by atoms with E-state index < -0.39 is 0 Å². The van der Waals surface area contributed by atoms with Gasteiger partial charge in [0, 0.05) is 17.0 Å². The van der Waals surface area contributed by atoms with E-state index in [4.69, 9.17) is 11.6 Å². The number of amides is 1. The Morgan fingerprint density at radius 3 is 2.54 bits per heavy atom. The van der Waals surface area contributed by atoms with Crippen LogP contribution in [0.1, 0.15) is 36.9 Å². The molecule has 2 N–H and O–H groups in total. The Kier molecular flexibility index (Phi) is 7.95. The molecule has 1 heterocycles. The second-order valence-corrected chi connectivity index (χ2v) is 7.32. The number of nitrogens with one attached hydrogen (secondary N) is 2. The Labute approximate surface area is 166 Å². The lowest BCUT2D eigenvalue weighted by molar-refractivity contribution is -0.126. The van der Waals surface area contributed by atoms with E-state index in [1.165, 1.54) is 0 Å². The molecule has 2 aromatic rings. The van der Waals surface area contributed by atoms with Crippen LogP contribution in [0.3, 0.4) is 0 Å². The summed E-state index contributed by atoms with van der Waals surface area (Å²) in [5.74, 6) is 0.254. The first kappa shape index (κ1) is 20.8. The molecule has 1 saturated heterocycles. The van der Waals surface area contributed by atoms with E-state index in [1.807, 2.05) is 42.5 Å². The third-order valence-corrected chi connectivity index (χ3v) is 5.12. The van der Waals surface area contributed by atoms with Gasteiger partial charge in [0.15, 0.2) is 0 Å². The fourth-order valence-electron chi connectivity index (χ4n) is 3.45. The van der Waals surface area contributed by atoms with E-state index in [0.29, 0.717) is 6.04 Å². The molecule has 0 saturated carbocycles. The molecule has 140 valence electrons. The van der Waals surface area contributed by atoms with E-state index >= 15 is 0 Å². The summed E-state index contributed by atoms with van der Waals surface area (Å²) < 4.78 is 0. The van der Waals surface area contributed by atoms with Gasteiger partial charge in [-0.2, -0.15) is 0 Å². The summed E-state index contributed by atoms with van der Waals surface area (Å²) in [5, 5.41) is 7.42. The van der Waals surface area contributed by atoms with Gasteiger partial charge in [-0.3, -0.25) is 4.79 Å². The lowest BCUT2D eigenvalue weighted by atomic mass is 9.91.